The number of ketones is 1. The van der Waals surface area contributed by atoms with E-state index in [1.54, 1.807) is 12.1 Å². The number of carboxylic acids is 1. The molecular weight excluding hydrogens is 338 g/mol. The number of rotatable bonds is 7. The van der Waals surface area contributed by atoms with Gasteiger partial charge in [0.25, 0.3) is 0 Å². The molecule has 2 N–H and O–H groups in total. The van der Waals surface area contributed by atoms with E-state index in [1.807, 2.05) is 0 Å². The lowest BCUT2D eigenvalue weighted by Crippen LogP contribution is -2.45. The zero-order valence-corrected chi connectivity index (χ0v) is 13.1. The van der Waals surface area contributed by atoms with Crippen LogP contribution in [0.3, 0.4) is 0 Å². The Morgan fingerprint density at radius 3 is 2.83 bits per heavy atom. The lowest BCUT2D eigenvalue weighted by Gasteiger charge is -2.23. The monoisotopic (exact) mass is 351 g/mol. The van der Waals surface area contributed by atoms with Gasteiger partial charge in [0.1, 0.15) is 0 Å². The highest BCUT2D eigenvalue weighted by Crippen LogP contribution is 2.40. The third kappa shape index (κ3) is 2.76. The normalized spacial score (nSPS) is 20.6. The number of carbonyl (C=O) groups is 3. The van der Waals surface area contributed by atoms with Gasteiger partial charge in [-0.15, -0.1) is 0 Å². The summed E-state index contributed by atoms with van der Waals surface area (Å²) in [7, 11) is 0. The number of amides is 1. The first kappa shape index (κ1) is 16.5. The van der Waals surface area contributed by atoms with Crippen LogP contribution in [0.1, 0.15) is 16.8 Å². The molecule has 0 radical (unpaired) electrons. The van der Waals surface area contributed by atoms with E-state index in [1.165, 1.54) is 12.3 Å². The molecule has 1 amide bonds. The Hall–Kier alpha value is -2.38. The molecular formula is C16H14ClNO6. The Kier molecular flexibility index (Phi) is 4.29. The van der Waals surface area contributed by atoms with Gasteiger partial charge in [-0.2, -0.15) is 0 Å². The second-order valence-corrected chi connectivity index (χ2v) is 6.07. The molecule has 0 unspecified atom stereocenters. The number of aliphatic carboxylic acids is 1. The molecule has 8 heteroatoms. The first-order valence-corrected chi connectivity index (χ1v) is 7.63. The Morgan fingerprint density at radius 2 is 2.21 bits per heavy atom. The Bertz CT molecular complexity index is 816. The van der Waals surface area contributed by atoms with Crippen LogP contribution in [0.15, 0.2) is 28.9 Å². The largest absolute Gasteiger partial charge is 0.480 e. The van der Waals surface area contributed by atoms with Crippen LogP contribution in [0.25, 0.3) is 11.0 Å². The summed E-state index contributed by atoms with van der Waals surface area (Å²) in [4.78, 5) is 35.9. The minimum absolute atomic E-state index is 0.223. The van der Waals surface area contributed by atoms with Gasteiger partial charge in [0, 0.05) is 22.9 Å². The molecule has 1 heterocycles. The molecule has 0 spiro atoms. The summed E-state index contributed by atoms with van der Waals surface area (Å²) in [6.07, 6.45) is 2.18. The van der Waals surface area contributed by atoms with Crippen molar-refractivity contribution >= 4 is 40.7 Å². The fourth-order valence-corrected chi connectivity index (χ4v) is 3.14. The van der Waals surface area contributed by atoms with Crippen LogP contribution in [0.4, 0.5) is 0 Å². The molecule has 7 nitrogen and oxygen atoms in total. The van der Waals surface area contributed by atoms with E-state index in [9.17, 15) is 14.4 Å². The van der Waals surface area contributed by atoms with E-state index in [0.717, 1.165) is 4.90 Å². The third-order valence-corrected chi connectivity index (χ3v) is 4.49. The molecule has 3 rings (SSSR count). The number of nitrogens with zero attached hydrogens (tertiary/aromatic N) is 1. The molecule has 126 valence electrons. The highest BCUT2D eigenvalue weighted by Gasteiger charge is 2.49. The summed E-state index contributed by atoms with van der Waals surface area (Å²) in [6.45, 7) is -0.710. The van der Waals surface area contributed by atoms with Gasteiger partial charge in [0.15, 0.2) is 17.4 Å². The molecule has 0 aliphatic heterocycles. The van der Waals surface area contributed by atoms with E-state index in [0.29, 0.717) is 34.4 Å². The summed E-state index contributed by atoms with van der Waals surface area (Å²) in [6, 6.07) is 2.94. The first-order valence-electron chi connectivity index (χ1n) is 7.25. The smallest absolute Gasteiger partial charge is 0.328 e. The van der Waals surface area contributed by atoms with Crippen molar-refractivity contribution in [3.63, 3.8) is 0 Å². The van der Waals surface area contributed by atoms with Crippen molar-refractivity contribution in [2.24, 2.45) is 5.92 Å². The molecule has 24 heavy (non-hydrogen) atoms. The van der Waals surface area contributed by atoms with Crippen molar-refractivity contribution in [3.8, 4) is 0 Å². The molecule has 1 aliphatic rings. The summed E-state index contributed by atoms with van der Waals surface area (Å²) in [5.74, 6) is -2.05. The summed E-state index contributed by atoms with van der Waals surface area (Å²) in [5.41, 5.74) is 0.865. The van der Waals surface area contributed by atoms with E-state index in [2.05, 4.69) is 0 Å². The van der Waals surface area contributed by atoms with Crippen LogP contribution in [0, 0.1) is 5.92 Å². The summed E-state index contributed by atoms with van der Waals surface area (Å²) in [5, 5.41) is 19.2. The molecule has 0 bridgehead atoms. The number of benzene rings is 1. The quantitative estimate of drug-likeness (QED) is 0.579. The molecule has 1 aliphatic carbocycles. The third-order valence-electron chi connectivity index (χ3n) is 4.21. The van der Waals surface area contributed by atoms with Crippen LogP contribution >= 0.6 is 11.6 Å². The Balaban J connectivity index is 1.81. The first-order chi connectivity index (χ1) is 11.5. The second kappa shape index (κ2) is 6.26. The van der Waals surface area contributed by atoms with Crippen LogP contribution in [0.5, 0.6) is 0 Å². The van der Waals surface area contributed by atoms with Crippen molar-refractivity contribution < 1.29 is 29.0 Å². The Labute approximate surface area is 141 Å². The van der Waals surface area contributed by atoms with E-state index in [4.69, 9.17) is 26.2 Å². The van der Waals surface area contributed by atoms with Crippen molar-refractivity contribution in [2.45, 2.75) is 18.5 Å². The van der Waals surface area contributed by atoms with Crippen molar-refractivity contribution in [1.82, 2.24) is 4.90 Å². The van der Waals surface area contributed by atoms with Crippen LogP contribution in [0.2, 0.25) is 5.02 Å². The maximum absolute atomic E-state index is 12.6. The van der Waals surface area contributed by atoms with Gasteiger partial charge in [-0.3, -0.25) is 9.59 Å². The number of halogens is 1. The van der Waals surface area contributed by atoms with Crippen LogP contribution in [-0.2, 0) is 9.59 Å². The fourth-order valence-electron chi connectivity index (χ4n) is 2.87. The standard InChI is InChI=1S/C16H14ClNO6/c17-11-4-9(3-8-1-2-24-15(8)11)14(21)10-5-12(10)18(7-20)13(6-19)16(22)23/h1-4,7,10,12-13,19H,5-6H2,(H,22,23)/t10-,12-,13-/m0/s1. The molecule has 1 aromatic carbocycles. The maximum Gasteiger partial charge on any atom is 0.328 e. The van der Waals surface area contributed by atoms with Crippen LogP contribution < -0.4 is 0 Å². The van der Waals surface area contributed by atoms with Gasteiger partial charge in [-0.1, -0.05) is 11.6 Å². The number of furan rings is 1. The molecule has 1 aromatic heterocycles. The second-order valence-electron chi connectivity index (χ2n) is 5.66. The Morgan fingerprint density at radius 1 is 1.46 bits per heavy atom. The van der Waals surface area contributed by atoms with E-state index >= 15 is 0 Å². The molecule has 1 fully saturated rings. The van der Waals surface area contributed by atoms with Crippen molar-refractivity contribution in [1.29, 1.82) is 0 Å². The topological polar surface area (TPSA) is 108 Å². The van der Waals surface area contributed by atoms with Crippen LogP contribution in [-0.4, -0.2) is 52.0 Å². The molecule has 3 atom stereocenters. The van der Waals surface area contributed by atoms with Gasteiger partial charge >= 0.3 is 5.97 Å². The molecule has 1 saturated carbocycles. The number of hydrogen-bond acceptors (Lipinski definition) is 5. The number of Topliss-reactive ketones (excluding diaryl/α,β-unsaturated/α-hetero) is 1. The van der Waals surface area contributed by atoms with Gasteiger partial charge in [-0.05, 0) is 24.6 Å². The number of fused-ring (bicyclic) bond motifs is 1. The van der Waals surface area contributed by atoms with Gasteiger partial charge in [0.05, 0.1) is 17.9 Å². The summed E-state index contributed by atoms with van der Waals surface area (Å²) < 4.78 is 5.22. The number of carbonyl (C=O) groups excluding carboxylic acids is 2. The number of hydrogen-bond donors (Lipinski definition) is 2. The lowest BCUT2D eigenvalue weighted by atomic mass is 10.0. The molecule has 0 saturated heterocycles. The van der Waals surface area contributed by atoms with Crippen molar-refractivity contribution in [3.05, 3.63) is 35.0 Å². The number of carboxylic acid groups (broad SMARTS) is 1. The number of aliphatic hydroxyl groups excluding tert-OH is 1. The zero-order valence-electron chi connectivity index (χ0n) is 12.4. The average molecular weight is 352 g/mol. The number of aliphatic hydroxyl groups is 1. The average Bonchev–Trinajstić information content (AvgIpc) is 3.18. The van der Waals surface area contributed by atoms with E-state index in [-0.39, 0.29) is 5.78 Å². The van der Waals surface area contributed by atoms with Gasteiger partial charge < -0.3 is 19.5 Å². The van der Waals surface area contributed by atoms with E-state index < -0.39 is 30.6 Å². The van der Waals surface area contributed by atoms with Gasteiger partial charge in [-0.25, -0.2) is 4.79 Å². The SMILES string of the molecule is O=CN([C@@H](CO)C(=O)O)[C@H]1C[C@@H]1C(=O)c1cc(Cl)c2occc2c1. The summed E-state index contributed by atoms with van der Waals surface area (Å²) >= 11 is 6.09. The maximum atomic E-state index is 12.6. The minimum atomic E-state index is -1.36. The lowest BCUT2D eigenvalue weighted by molar-refractivity contribution is -0.148. The minimum Gasteiger partial charge on any atom is -0.480 e. The predicted octanol–water partition coefficient (Wildman–Crippen LogP) is 1.56. The molecule has 2 aromatic rings. The van der Waals surface area contributed by atoms with Gasteiger partial charge in [0.2, 0.25) is 6.41 Å². The zero-order chi connectivity index (χ0) is 17.4. The highest BCUT2D eigenvalue weighted by atomic mass is 35.5. The van der Waals surface area contributed by atoms with Crippen molar-refractivity contribution in [2.75, 3.05) is 6.61 Å². The highest BCUT2D eigenvalue weighted by molar-refractivity contribution is 6.35. The predicted molar refractivity (Wildman–Crippen MR) is 83.9 cm³/mol. The fraction of sp³-hybridized carbons (Fsp3) is 0.312.